The molecule has 1 heterocycles. The lowest BCUT2D eigenvalue weighted by molar-refractivity contribution is -0.191. The maximum atomic E-state index is 15.1. The minimum atomic E-state index is -0.921. The predicted octanol–water partition coefficient (Wildman–Crippen LogP) is 4.71. The zero-order valence-electron chi connectivity index (χ0n) is 21.9. The molecule has 3 amide bonds. The highest BCUT2D eigenvalue weighted by Crippen LogP contribution is 2.39. The molecule has 2 aromatic rings. The molecule has 1 aliphatic carbocycles. The average Bonchev–Trinajstić information content (AvgIpc) is 3.58. The van der Waals surface area contributed by atoms with Crippen molar-refractivity contribution >= 4 is 53.1 Å². The van der Waals surface area contributed by atoms with Gasteiger partial charge in [0.05, 0.1) is 17.8 Å². The van der Waals surface area contributed by atoms with Crippen molar-refractivity contribution in [2.45, 2.75) is 69.2 Å². The highest BCUT2D eigenvalue weighted by Gasteiger charge is 2.40. The molecule has 0 aromatic heterocycles. The second-order valence-corrected chi connectivity index (χ2v) is 12.0. The fourth-order valence-corrected chi connectivity index (χ4v) is 4.94. The number of benzene rings is 2. The largest absolute Gasteiger partial charge is 0.444 e. The monoisotopic (exact) mass is 577 g/mol. The molecule has 1 aliphatic heterocycles. The van der Waals surface area contributed by atoms with Crippen LogP contribution in [0, 0.1) is 5.82 Å². The van der Waals surface area contributed by atoms with Crippen molar-refractivity contribution in [3.63, 3.8) is 0 Å². The Hall–Kier alpha value is -3.40. The summed E-state index contributed by atoms with van der Waals surface area (Å²) in [5.74, 6) is -1.41. The first-order chi connectivity index (χ1) is 18.2. The van der Waals surface area contributed by atoms with Gasteiger partial charge < -0.3 is 20.3 Å². The maximum absolute atomic E-state index is 15.1. The summed E-state index contributed by atoms with van der Waals surface area (Å²) in [6.45, 7) is 7.24. The number of fused-ring (bicyclic) bond motifs is 1. The normalized spacial score (nSPS) is 17.4. The molecule has 0 saturated heterocycles. The standard InChI is InChI=1S/C26H29ClFN3O4S.CO2/c1-25(2,3)35-24(34)29-19-14-36-21-12-18(28)17(22(32)30-26(4)9-10-26)11-20(21)31(23(19)33)13-15-5-7-16(27)8-6-15;2-1-3/h5-8,11-12,19H,9-10,13-14H2,1-4H3,(H,29,34)(H,30,32);/t19-;/m0./s1. The van der Waals surface area contributed by atoms with E-state index in [9.17, 15) is 14.4 Å². The fourth-order valence-electron chi connectivity index (χ4n) is 3.74. The van der Waals surface area contributed by atoms with Gasteiger partial charge in [-0.3, -0.25) is 9.59 Å². The Labute approximate surface area is 234 Å². The number of nitrogens with one attached hydrogen (secondary N) is 2. The van der Waals surface area contributed by atoms with Crippen LogP contribution in [-0.2, 0) is 25.7 Å². The van der Waals surface area contributed by atoms with Crippen molar-refractivity contribution in [2.24, 2.45) is 0 Å². The number of rotatable bonds is 5. The Morgan fingerprint density at radius 3 is 2.38 bits per heavy atom. The van der Waals surface area contributed by atoms with Gasteiger partial charge in [-0.1, -0.05) is 23.7 Å². The zero-order valence-corrected chi connectivity index (χ0v) is 23.5. The molecule has 0 bridgehead atoms. The highest BCUT2D eigenvalue weighted by molar-refractivity contribution is 7.99. The van der Waals surface area contributed by atoms with E-state index in [4.69, 9.17) is 25.9 Å². The molecule has 208 valence electrons. The average molecular weight is 578 g/mol. The molecule has 1 saturated carbocycles. The Morgan fingerprint density at radius 2 is 1.82 bits per heavy atom. The molecule has 39 heavy (non-hydrogen) atoms. The third-order valence-corrected chi connectivity index (χ3v) is 7.30. The van der Waals surface area contributed by atoms with Crippen LogP contribution in [-0.4, -0.2) is 47.0 Å². The number of halogens is 2. The van der Waals surface area contributed by atoms with Crippen molar-refractivity contribution < 1.29 is 33.1 Å². The zero-order chi connectivity index (χ0) is 29.0. The van der Waals surface area contributed by atoms with Gasteiger partial charge in [0.25, 0.3) is 11.8 Å². The van der Waals surface area contributed by atoms with E-state index in [1.54, 1.807) is 45.0 Å². The van der Waals surface area contributed by atoms with E-state index in [0.29, 0.717) is 15.6 Å². The molecular weight excluding hydrogens is 549 g/mol. The molecule has 0 spiro atoms. The van der Waals surface area contributed by atoms with Gasteiger partial charge in [0, 0.05) is 21.2 Å². The van der Waals surface area contributed by atoms with Crippen LogP contribution >= 0.6 is 23.4 Å². The number of carbonyl (C=O) groups is 3. The van der Waals surface area contributed by atoms with Gasteiger partial charge in [-0.15, -0.1) is 11.8 Å². The van der Waals surface area contributed by atoms with E-state index in [0.717, 1.165) is 18.4 Å². The van der Waals surface area contributed by atoms with E-state index in [2.05, 4.69) is 10.6 Å². The summed E-state index contributed by atoms with van der Waals surface area (Å²) >= 11 is 7.26. The van der Waals surface area contributed by atoms with Crippen LogP contribution in [0.4, 0.5) is 14.9 Å². The van der Waals surface area contributed by atoms with Crippen LogP contribution in [0.3, 0.4) is 0 Å². The number of thioether (sulfide) groups is 1. The lowest BCUT2D eigenvalue weighted by Gasteiger charge is -2.27. The summed E-state index contributed by atoms with van der Waals surface area (Å²) in [5, 5.41) is 6.07. The Bertz CT molecular complexity index is 1290. The van der Waals surface area contributed by atoms with E-state index in [1.807, 2.05) is 6.92 Å². The molecule has 0 radical (unpaired) electrons. The molecule has 1 atom stereocenters. The van der Waals surface area contributed by atoms with Gasteiger partial charge in [-0.2, -0.15) is 9.59 Å². The fraction of sp³-hybridized carbons (Fsp3) is 0.407. The van der Waals surface area contributed by atoms with Gasteiger partial charge in [0.1, 0.15) is 17.5 Å². The topological polar surface area (TPSA) is 122 Å². The highest BCUT2D eigenvalue weighted by atomic mass is 35.5. The maximum Gasteiger partial charge on any atom is 0.408 e. The number of ether oxygens (including phenoxy) is 1. The Balaban J connectivity index is 0.00000134. The third kappa shape index (κ3) is 8.29. The number of anilines is 1. The van der Waals surface area contributed by atoms with E-state index in [-0.39, 0.29) is 29.6 Å². The molecule has 4 rings (SSSR count). The predicted molar refractivity (Wildman–Crippen MR) is 143 cm³/mol. The summed E-state index contributed by atoms with van der Waals surface area (Å²) in [6, 6.07) is 8.78. The SMILES string of the molecule is CC1(NC(=O)c2cc3c(cc2F)SC[C@H](NC(=O)OC(C)(C)C)C(=O)N3Cc2ccc(Cl)cc2)CC1.O=C=O. The van der Waals surface area contributed by atoms with Crippen LogP contribution in [0.1, 0.15) is 56.5 Å². The van der Waals surface area contributed by atoms with Crippen LogP contribution < -0.4 is 15.5 Å². The molecule has 9 nitrogen and oxygen atoms in total. The number of amides is 3. The Kier molecular flexibility index (Phi) is 9.43. The molecular formula is C27H29ClFN3O6S. The third-order valence-electron chi connectivity index (χ3n) is 5.91. The summed E-state index contributed by atoms with van der Waals surface area (Å²) < 4.78 is 20.4. The number of hydrogen-bond acceptors (Lipinski definition) is 7. The lowest BCUT2D eigenvalue weighted by Crippen LogP contribution is -2.50. The molecule has 12 heteroatoms. The van der Waals surface area contributed by atoms with E-state index < -0.39 is 35.4 Å². The number of alkyl carbamates (subject to hydrolysis) is 1. The second kappa shape index (κ2) is 12.2. The first-order valence-corrected chi connectivity index (χ1v) is 13.4. The molecule has 2 aromatic carbocycles. The van der Waals surface area contributed by atoms with Crippen molar-refractivity contribution in [2.75, 3.05) is 10.7 Å². The van der Waals surface area contributed by atoms with Crippen molar-refractivity contribution in [3.8, 4) is 0 Å². The van der Waals surface area contributed by atoms with Crippen LogP contribution in [0.5, 0.6) is 0 Å². The first-order valence-electron chi connectivity index (χ1n) is 12.1. The van der Waals surface area contributed by atoms with Gasteiger partial charge >= 0.3 is 12.2 Å². The van der Waals surface area contributed by atoms with Crippen molar-refractivity contribution in [1.82, 2.24) is 10.6 Å². The number of hydrogen-bond donors (Lipinski definition) is 2. The van der Waals surface area contributed by atoms with Gasteiger partial charge in [-0.25, -0.2) is 9.18 Å². The summed E-state index contributed by atoms with van der Waals surface area (Å²) in [5.41, 5.74) is -0.00865. The van der Waals surface area contributed by atoms with E-state index >= 15 is 4.39 Å². The number of nitrogens with zero attached hydrogens (tertiary/aromatic N) is 1. The number of carbonyl (C=O) groups excluding carboxylic acids is 5. The van der Waals surface area contributed by atoms with Crippen LogP contribution in [0.25, 0.3) is 0 Å². The van der Waals surface area contributed by atoms with Crippen LogP contribution in [0.15, 0.2) is 41.3 Å². The van der Waals surface area contributed by atoms with Crippen molar-refractivity contribution in [1.29, 1.82) is 0 Å². The molecule has 1 fully saturated rings. The quantitative estimate of drug-likeness (QED) is 0.528. The van der Waals surface area contributed by atoms with Gasteiger partial charge in [0.15, 0.2) is 0 Å². The minimum Gasteiger partial charge on any atom is -0.444 e. The van der Waals surface area contributed by atoms with E-state index in [1.165, 1.54) is 28.8 Å². The molecule has 2 aliphatic rings. The second-order valence-electron chi connectivity index (χ2n) is 10.5. The van der Waals surface area contributed by atoms with Gasteiger partial charge in [0.2, 0.25) is 0 Å². The Morgan fingerprint density at radius 1 is 1.21 bits per heavy atom. The summed E-state index contributed by atoms with van der Waals surface area (Å²) in [7, 11) is 0. The van der Waals surface area contributed by atoms with Gasteiger partial charge in [-0.05, 0) is 70.4 Å². The van der Waals surface area contributed by atoms with Crippen molar-refractivity contribution in [3.05, 3.63) is 58.4 Å². The summed E-state index contributed by atoms with van der Waals surface area (Å²) in [6.07, 6.45) is 1.20. The first kappa shape index (κ1) is 30.1. The van der Waals surface area contributed by atoms with Crippen LogP contribution in [0.2, 0.25) is 5.02 Å². The molecule has 0 unspecified atom stereocenters. The minimum absolute atomic E-state index is 0.130. The smallest absolute Gasteiger partial charge is 0.408 e. The lowest BCUT2D eigenvalue weighted by atomic mass is 10.1. The summed E-state index contributed by atoms with van der Waals surface area (Å²) in [4.78, 5) is 57.2. The molecule has 2 N–H and O–H groups in total.